The number of rotatable bonds is 6. The van der Waals surface area contributed by atoms with Gasteiger partial charge in [0.25, 0.3) is 0 Å². The van der Waals surface area contributed by atoms with Gasteiger partial charge < -0.3 is 16.0 Å². The molecule has 2 rings (SSSR count). The minimum absolute atomic E-state index is 0. The molecule has 0 spiro atoms. The van der Waals surface area contributed by atoms with Crippen molar-refractivity contribution in [3.8, 4) is 0 Å². The SMILES string of the molecule is CN=C(NCC(C)c1ccsc1)NC1CCCC(C(=O)NC(C)C)C1.I. The fourth-order valence-corrected chi connectivity index (χ4v) is 4.05. The van der Waals surface area contributed by atoms with Crippen molar-refractivity contribution in [2.24, 2.45) is 10.9 Å². The minimum Gasteiger partial charge on any atom is -0.356 e. The molecule has 7 heteroatoms. The molecule has 0 bridgehead atoms. The maximum Gasteiger partial charge on any atom is 0.223 e. The van der Waals surface area contributed by atoms with Crippen LogP contribution in [-0.4, -0.2) is 37.5 Å². The molecular weight excluding hydrogens is 459 g/mol. The fourth-order valence-electron chi connectivity index (χ4n) is 3.27. The van der Waals surface area contributed by atoms with Crippen molar-refractivity contribution < 1.29 is 4.79 Å². The zero-order valence-corrected chi connectivity index (χ0v) is 19.4. The van der Waals surface area contributed by atoms with E-state index < -0.39 is 0 Å². The molecule has 1 aromatic rings. The molecule has 1 amide bonds. The maximum absolute atomic E-state index is 12.3. The zero-order valence-electron chi connectivity index (χ0n) is 16.2. The van der Waals surface area contributed by atoms with Crippen LogP contribution in [0, 0.1) is 5.92 Å². The van der Waals surface area contributed by atoms with Gasteiger partial charge in [-0.05, 0) is 61.4 Å². The Kier molecular flexibility index (Phi) is 10.5. The van der Waals surface area contributed by atoms with Gasteiger partial charge in [-0.3, -0.25) is 9.79 Å². The third-order valence-corrected chi connectivity index (χ3v) is 5.43. The third kappa shape index (κ3) is 7.42. The Balaban J connectivity index is 0.00000338. The van der Waals surface area contributed by atoms with Crippen LogP contribution in [-0.2, 0) is 4.79 Å². The number of hydrogen-bond donors (Lipinski definition) is 3. The molecule has 3 unspecified atom stereocenters. The summed E-state index contributed by atoms with van der Waals surface area (Å²) in [6, 6.07) is 2.68. The van der Waals surface area contributed by atoms with Crippen LogP contribution in [0.1, 0.15) is 57.9 Å². The predicted molar refractivity (Wildman–Crippen MR) is 122 cm³/mol. The van der Waals surface area contributed by atoms with Crippen LogP contribution in [0.15, 0.2) is 21.8 Å². The van der Waals surface area contributed by atoms with Gasteiger partial charge in [-0.1, -0.05) is 13.3 Å². The highest BCUT2D eigenvalue weighted by Crippen LogP contribution is 2.24. The molecule has 0 aliphatic heterocycles. The molecular formula is C19H33IN4OS. The van der Waals surface area contributed by atoms with E-state index in [0.29, 0.717) is 12.0 Å². The first-order chi connectivity index (χ1) is 12.0. The standard InChI is InChI=1S/C19H32N4OS.HI/c1-13(2)22-18(24)15-6-5-7-17(10-15)23-19(20-4)21-11-14(3)16-8-9-25-12-16;/h8-9,12-15,17H,5-7,10-11H2,1-4H3,(H,22,24)(H2,20,21,23);1H. The number of aliphatic imine (C=N–C) groups is 1. The lowest BCUT2D eigenvalue weighted by Crippen LogP contribution is -2.48. The minimum atomic E-state index is 0. The summed E-state index contributed by atoms with van der Waals surface area (Å²) in [6.07, 6.45) is 4.03. The first kappa shape index (κ1) is 23.2. The van der Waals surface area contributed by atoms with Crippen LogP contribution in [0.5, 0.6) is 0 Å². The summed E-state index contributed by atoms with van der Waals surface area (Å²) in [5, 5.41) is 14.3. The number of carbonyl (C=O) groups excluding carboxylic acids is 1. The van der Waals surface area contributed by atoms with E-state index in [0.717, 1.165) is 38.2 Å². The number of amides is 1. The lowest BCUT2D eigenvalue weighted by molar-refractivity contribution is -0.126. The predicted octanol–water partition coefficient (Wildman–Crippen LogP) is 3.72. The van der Waals surface area contributed by atoms with E-state index in [2.05, 4.69) is 44.7 Å². The lowest BCUT2D eigenvalue weighted by atomic mass is 9.85. The summed E-state index contributed by atoms with van der Waals surface area (Å²) in [5.74, 6) is 1.57. The number of halogens is 1. The second kappa shape index (κ2) is 11.8. The summed E-state index contributed by atoms with van der Waals surface area (Å²) in [4.78, 5) is 16.6. The van der Waals surface area contributed by atoms with Crippen molar-refractivity contribution in [3.63, 3.8) is 0 Å². The van der Waals surface area contributed by atoms with E-state index in [9.17, 15) is 4.79 Å². The Labute approximate surface area is 178 Å². The first-order valence-corrected chi connectivity index (χ1v) is 10.2. The molecule has 1 saturated carbocycles. The van der Waals surface area contributed by atoms with Gasteiger partial charge in [0.2, 0.25) is 5.91 Å². The Morgan fingerprint density at radius 3 is 2.73 bits per heavy atom. The van der Waals surface area contributed by atoms with Gasteiger partial charge in [0.1, 0.15) is 0 Å². The summed E-state index contributed by atoms with van der Waals surface area (Å²) in [5.41, 5.74) is 1.36. The highest BCUT2D eigenvalue weighted by Gasteiger charge is 2.28. The van der Waals surface area contributed by atoms with Crippen molar-refractivity contribution in [1.82, 2.24) is 16.0 Å². The highest BCUT2D eigenvalue weighted by molar-refractivity contribution is 14.0. The summed E-state index contributed by atoms with van der Waals surface area (Å²) < 4.78 is 0. The van der Waals surface area contributed by atoms with Crippen LogP contribution < -0.4 is 16.0 Å². The Bertz CT molecular complexity index is 562. The van der Waals surface area contributed by atoms with Crippen LogP contribution >= 0.6 is 35.3 Å². The van der Waals surface area contributed by atoms with Crippen LogP contribution in [0.3, 0.4) is 0 Å². The Hall–Kier alpha value is -0.830. The number of carbonyl (C=O) groups is 1. The van der Waals surface area contributed by atoms with Gasteiger partial charge in [0, 0.05) is 31.6 Å². The molecule has 3 N–H and O–H groups in total. The van der Waals surface area contributed by atoms with Gasteiger partial charge in [0.05, 0.1) is 0 Å². The van der Waals surface area contributed by atoms with E-state index >= 15 is 0 Å². The van der Waals surface area contributed by atoms with Crippen LogP contribution in [0.25, 0.3) is 0 Å². The number of guanidine groups is 1. The zero-order chi connectivity index (χ0) is 18.2. The highest BCUT2D eigenvalue weighted by atomic mass is 127. The quantitative estimate of drug-likeness (QED) is 0.322. The van der Waals surface area contributed by atoms with Crippen LogP contribution in [0.2, 0.25) is 0 Å². The van der Waals surface area contributed by atoms with Gasteiger partial charge in [-0.25, -0.2) is 0 Å². The van der Waals surface area contributed by atoms with Crippen molar-refractivity contribution in [2.75, 3.05) is 13.6 Å². The largest absolute Gasteiger partial charge is 0.356 e. The summed E-state index contributed by atoms with van der Waals surface area (Å²) in [7, 11) is 1.80. The number of hydrogen-bond acceptors (Lipinski definition) is 3. The van der Waals surface area contributed by atoms with E-state index in [4.69, 9.17) is 0 Å². The van der Waals surface area contributed by atoms with Crippen molar-refractivity contribution in [2.45, 2.75) is 64.5 Å². The maximum atomic E-state index is 12.3. The molecule has 1 aromatic heterocycles. The number of nitrogens with one attached hydrogen (secondary N) is 3. The second-order valence-electron chi connectivity index (χ2n) is 7.28. The van der Waals surface area contributed by atoms with E-state index in [-0.39, 0.29) is 41.8 Å². The lowest BCUT2D eigenvalue weighted by Gasteiger charge is -2.30. The van der Waals surface area contributed by atoms with Crippen LogP contribution in [0.4, 0.5) is 0 Å². The molecule has 0 aromatic carbocycles. The molecule has 3 atom stereocenters. The summed E-state index contributed by atoms with van der Waals surface area (Å²) in [6.45, 7) is 7.09. The Morgan fingerprint density at radius 2 is 2.12 bits per heavy atom. The number of nitrogens with zero attached hydrogens (tertiary/aromatic N) is 1. The van der Waals surface area contributed by atoms with Gasteiger partial charge >= 0.3 is 0 Å². The smallest absolute Gasteiger partial charge is 0.223 e. The molecule has 1 fully saturated rings. The monoisotopic (exact) mass is 492 g/mol. The molecule has 148 valence electrons. The van der Waals surface area contributed by atoms with Crippen molar-refractivity contribution >= 4 is 47.2 Å². The average molecular weight is 492 g/mol. The van der Waals surface area contributed by atoms with E-state index in [1.54, 1.807) is 18.4 Å². The second-order valence-corrected chi connectivity index (χ2v) is 8.06. The van der Waals surface area contributed by atoms with Gasteiger partial charge in [0.15, 0.2) is 5.96 Å². The Morgan fingerprint density at radius 1 is 1.35 bits per heavy atom. The van der Waals surface area contributed by atoms with Crippen molar-refractivity contribution in [1.29, 1.82) is 0 Å². The molecule has 0 saturated heterocycles. The molecule has 0 radical (unpaired) electrons. The molecule has 1 aliphatic rings. The van der Waals surface area contributed by atoms with E-state index in [1.807, 2.05) is 13.8 Å². The van der Waals surface area contributed by atoms with Crippen molar-refractivity contribution in [3.05, 3.63) is 22.4 Å². The molecule has 26 heavy (non-hydrogen) atoms. The molecule has 1 heterocycles. The normalized spacial score (nSPS) is 21.7. The van der Waals surface area contributed by atoms with E-state index in [1.165, 1.54) is 5.56 Å². The fraction of sp³-hybridized carbons (Fsp3) is 0.684. The summed E-state index contributed by atoms with van der Waals surface area (Å²) >= 11 is 1.73. The molecule has 5 nitrogen and oxygen atoms in total. The number of thiophene rings is 1. The van der Waals surface area contributed by atoms with Gasteiger partial charge in [-0.2, -0.15) is 11.3 Å². The molecule has 1 aliphatic carbocycles. The first-order valence-electron chi connectivity index (χ1n) is 9.29. The van der Waals surface area contributed by atoms with Gasteiger partial charge in [-0.15, -0.1) is 24.0 Å². The topological polar surface area (TPSA) is 65.5 Å². The average Bonchev–Trinajstić information content (AvgIpc) is 3.12. The third-order valence-electron chi connectivity index (χ3n) is 4.73.